The van der Waals surface area contributed by atoms with Crippen LogP contribution in [0.25, 0.3) is 0 Å². The zero-order valence-corrected chi connectivity index (χ0v) is 11.2. The zero-order valence-electron chi connectivity index (χ0n) is 11.2. The van der Waals surface area contributed by atoms with Crippen LogP contribution in [0.5, 0.6) is 0 Å². The molecule has 2 rings (SSSR count). The van der Waals surface area contributed by atoms with Crippen LogP contribution in [0.4, 0.5) is 0 Å². The number of ether oxygens (including phenoxy) is 2. The maximum Gasteiger partial charge on any atom is 0.332 e. The average molecular weight is 271 g/mol. The molecular formula is C13H21NO5. The number of amides is 1. The Hall–Kier alpha value is -1.14. The number of carboxylic acid groups (broad SMARTS) is 1. The highest BCUT2D eigenvalue weighted by Crippen LogP contribution is 2.22. The Labute approximate surface area is 112 Å². The molecule has 2 saturated heterocycles. The summed E-state index contributed by atoms with van der Waals surface area (Å²) >= 11 is 0. The van der Waals surface area contributed by atoms with Crippen molar-refractivity contribution in [2.45, 2.75) is 37.9 Å². The van der Waals surface area contributed by atoms with E-state index >= 15 is 0 Å². The van der Waals surface area contributed by atoms with Crippen LogP contribution < -0.4 is 0 Å². The minimum absolute atomic E-state index is 0.102. The van der Waals surface area contributed by atoms with Crippen LogP contribution in [0.15, 0.2) is 0 Å². The summed E-state index contributed by atoms with van der Waals surface area (Å²) in [4.78, 5) is 24.6. The van der Waals surface area contributed by atoms with Gasteiger partial charge in [0.2, 0.25) is 0 Å². The molecular weight excluding hydrogens is 250 g/mol. The van der Waals surface area contributed by atoms with Gasteiger partial charge in [0.1, 0.15) is 6.10 Å². The Morgan fingerprint density at radius 2 is 1.79 bits per heavy atom. The van der Waals surface area contributed by atoms with Gasteiger partial charge in [0.15, 0.2) is 6.10 Å². The maximum absolute atomic E-state index is 12.2. The van der Waals surface area contributed by atoms with E-state index in [-0.39, 0.29) is 5.91 Å². The monoisotopic (exact) mass is 271 g/mol. The highest BCUT2D eigenvalue weighted by Gasteiger charge is 2.36. The summed E-state index contributed by atoms with van der Waals surface area (Å²) in [7, 11) is 1.76. The minimum Gasteiger partial charge on any atom is -0.479 e. The van der Waals surface area contributed by atoms with Crippen molar-refractivity contribution < 1.29 is 24.2 Å². The quantitative estimate of drug-likeness (QED) is 0.806. The summed E-state index contributed by atoms with van der Waals surface area (Å²) in [6.45, 7) is 2.21. The molecule has 6 heteroatoms. The van der Waals surface area contributed by atoms with Crippen molar-refractivity contribution in [3.8, 4) is 0 Å². The highest BCUT2D eigenvalue weighted by molar-refractivity contribution is 5.82. The molecule has 0 spiro atoms. The predicted molar refractivity (Wildman–Crippen MR) is 66.7 cm³/mol. The molecule has 0 radical (unpaired) electrons. The summed E-state index contributed by atoms with van der Waals surface area (Å²) in [5.74, 6) is -0.614. The van der Waals surface area contributed by atoms with Gasteiger partial charge in [-0.1, -0.05) is 0 Å². The second-order valence-corrected chi connectivity index (χ2v) is 5.30. The Kier molecular flexibility index (Phi) is 4.76. The number of carbonyl (C=O) groups excluding carboxylic acids is 1. The molecule has 2 fully saturated rings. The second-order valence-electron chi connectivity index (χ2n) is 5.30. The van der Waals surface area contributed by atoms with Gasteiger partial charge >= 0.3 is 5.97 Å². The zero-order chi connectivity index (χ0) is 13.8. The SMILES string of the molecule is CN(CC1CCOCC1)C(=O)C1CCC(C(=O)O)O1. The van der Waals surface area contributed by atoms with Crippen molar-refractivity contribution in [3.05, 3.63) is 0 Å². The molecule has 19 heavy (non-hydrogen) atoms. The van der Waals surface area contributed by atoms with Gasteiger partial charge in [-0.05, 0) is 31.6 Å². The molecule has 1 N–H and O–H groups in total. The summed E-state index contributed by atoms with van der Waals surface area (Å²) < 4.78 is 10.6. The topological polar surface area (TPSA) is 76.1 Å². The van der Waals surface area contributed by atoms with Crippen molar-refractivity contribution in [3.63, 3.8) is 0 Å². The molecule has 2 heterocycles. The van der Waals surface area contributed by atoms with Crippen LogP contribution in [-0.4, -0.2) is 60.9 Å². The molecule has 0 aromatic rings. The molecule has 2 unspecified atom stereocenters. The Bertz CT molecular complexity index is 340. The fraction of sp³-hybridized carbons (Fsp3) is 0.846. The third-order valence-electron chi connectivity index (χ3n) is 3.82. The van der Waals surface area contributed by atoms with Crippen molar-refractivity contribution in [2.24, 2.45) is 5.92 Å². The van der Waals surface area contributed by atoms with Crippen LogP contribution in [0.1, 0.15) is 25.7 Å². The molecule has 1 amide bonds. The summed E-state index contributed by atoms with van der Waals surface area (Å²) in [5.41, 5.74) is 0. The van der Waals surface area contributed by atoms with Gasteiger partial charge < -0.3 is 19.5 Å². The first-order valence-corrected chi connectivity index (χ1v) is 6.79. The lowest BCUT2D eigenvalue weighted by Crippen LogP contribution is -2.40. The second kappa shape index (κ2) is 6.34. The molecule has 6 nitrogen and oxygen atoms in total. The van der Waals surface area contributed by atoms with E-state index in [0.717, 1.165) is 26.1 Å². The van der Waals surface area contributed by atoms with E-state index < -0.39 is 18.2 Å². The standard InChI is InChI=1S/C13H21NO5/c1-14(8-9-4-6-18-7-5-9)12(15)10-2-3-11(19-10)13(16)17/h9-11H,2-8H2,1H3,(H,16,17). The molecule has 2 aliphatic heterocycles. The van der Waals surface area contributed by atoms with Gasteiger partial charge in [-0.3, -0.25) is 4.79 Å². The number of hydrogen-bond acceptors (Lipinski definition) is 4. The van der Waals surface area contributed by atoms with E-state index in [0.29, 0.717) is 25.3 Å². The number of carboxylic acids is 1. The summed E-state index contributed by atoms with van der Waals surface area (Å²) in [6.07, 6.45) is 1.43. The lowest BCUT2D eigenvalue weighted by molar-refractivity contribution is -0.154. The third kappa shape index (κ3) is 3.67. The average Bonchev–Trinajstić information content (AvgIpc) is 2.88. The van der Waals surface area contributed by atoms with Crippen molar-refractivity contribution in [1.82, 2.24) is 4.90 Å². The predicted octanol–water partition coefficient (Wildman–Crippen LogP) is 0.504. The van der Waals surface area contributed by atoms with Crippen LogP contribution >= 0.6 is 0 Å². The van der Waals surface area contributed by atoms with E-state index in [9.17, 15) is 9.59 Å². The molecule has 0 saturated carbocycles. The first-order valence-electron chi connectivity index (χ1n) is 6.79. The molecule has 0 aromatic heterocycles. The Morgan fingerprint density at radius 1 is 1.16 bits per heavy atom. The normalized spacial score (nSPS) is 28.3. The van der Waals surface area contributed by atoms with Crippen molar-refractivity contribution in [1.29, 1.82) is 0 Å². The van der Waals surface area contributed by atoms with E-state index in [2.05, 4.69) is 0 Å². The maximum atomic E-state index is 12.2. The number of rotatable bonds is 4. The van der Waals surface area contributed by atoms with Gasteiger partial charge in [-0.25, -0.2) is 4.79 Å². The van der Waals surface area contributed by atoms with Gasteiger partial charge in [-0.2, -0.15) is 0 Å². The number of aliphatic carboxylic acids is 1. The Balaban J connectivity index is 1.80. The first kappa shape index (κ1) is 14.3. The fourth-order valence-corrected chi connectivity index (χ4v) is 2.65. The number of hydrogen-bond donors (Lipinski definition) is 1. The Morgan fingerprint density at radius 3 is 2.37 bits per heavy atom. The van der Waals surface area contributed by atoms with Crippen LogP contribution in [0.3, 0.4) is 0 Å². The molecule has 2 aliphatic rings. The molecule has 0 bridgehead atoms. The van der Waals surface area contributed by atoms with E-state index in [4.69, 9.17) is 14.6 Å². The number of nitrogens with zero attached hydrogens (tertiary/aromatic N) is 1. The van der Waals surface area contributed by atoms with Crippen LogP contribution in [-0.2, 0) is 19.1 Å². The van der Waals surface area contributed by atoms with Gasteiger partial charge in [-0.15, -0.1) is 0 Å². The lowest BCUT2D eigenvalue weighted by Gasteiger charge is -2.28. The van der Waals surface area contributed by atoms with Crippen LogP contribution in [0, 0.1) is 5.92 Å². The smallest absolute Gasteiger partial charge is 0.332 e. The molecule has 0 aromatic carbocycles. The molecule has 108 valence electrons. The van der Waals surface area contributed by atoms with E-state index in [1.54, 1.807) is 11.9 Å². The van der Waals surface area contributed by atoms with Crippen LogP contribution in [0.2, 0.25) is 0 Å². The fourth-order valence-electron chi connectivity index (χ4n) is 2.65. The third-order valence-corrected chi connectivity index (χ3v) is 3.82. The molecule has 0 aliphatic carbocycles. The summed E-state index contributed by atoms with van der Waals surface area (Å²) in [5, 5.41) is 8.85. The highest BCUT2D eigenvalue weighted by atomic mass is 16.5. The minimum atomic E-state index is -0.984. The first-order chi connectivity index (χ1) is 9.08. The number of carbonyl (C=O) groups is 2. The lowest BCUT2D eigenvalue weighted by atomic mass is 9.99. The summed E-state index contributed by atoms with van der Waals surface area (Å²) in [6, 6.07) is 0. The van der Waals surface area contributed by atoms with Gasteiger partial charge in [0, 0.05) is 26.8 Å². The molecule has 2 atom stereocenters. The van der Waals surface area contributed by atoms with E-state index in [1.165, 1.54) is 0 Å². The largest absolute Gasteiger partial charge is 0.479 e. The van der Waals surface area contributed by atoms with E-state index in [1.807, 2.05) is 0 Å². The number of likely N-dealkylation sites (N-methyl/N-ethyl adjacent to an activating group) is 1. The van der Waals surface area contributed by atoms with Crippen molar-refractivity contribution >= 4 is 11.9 Å². The van der Waals surface area contributed by atoms with Crippen molar-refractivity contribution in [2.75, 3.05) is 26.8 Å². The van der Waals surface area contributed by atoms with Gasteiger partial charge in [0.05, 0.1) is 0 Å². The van der Waals surface area contributed by atoms with Gasteiger partial charge in [0.25, 0.3) is 5.91 Å².